The highest BCUT2D eigenvalue weighted by molar-refractivity contribution is 7.90. The number of amides is 1. The molecule has 0 aliphatic heterocycles. The number of carbonyl (C=O) groups excluding carboxylic acids is 1. The summed E-state index contributed by atoms with van der Waals surface area (Å²) in [6, 6.07) is 20.2. The Morgan fingerprint density at radius 1 is 1.06 bits per heavy atom. The molecule has 0 fully saturated rings. The van der Waals surface area contributed by atoms with E-state index >= 15 is 0 Å². The van der Waals surface area contributed by atoms with Crippen LogP contribution in [0.25, 0.3) is 22.6 Å². The SMILES string of the molecule is C=CCN(C(=O)CCc1ccc(-c2ccccc2)o1)c1nc(-c2ccc(S(C)(=O)=O)cc2)cs1. The minimum Gasteiger partial charge on any atom is -0.461 e. The third-order valence-electron chi connectivity index (χ3n) is 5.22. The minimum absolute atomic E-state index is 0.0779. The number of hydrogen-bond donors (Lipinski definition) is 0. The molecule has 174 valence electrons. The number of carbonyl (C=O) groups is 1. The molecule has 0 N–H and O–H groups in total. The van der Waals surface area contributed by atoms with Gasteiger partial charge in [-0.1, -0.05) is 48.5 Å². The zero-order valence-corrected chi connectivity index (χ0v) is 20.3. The van der Waals surface area contributed by atoms with E-state index in [-0.39, 0.29) is 17.2 Å². The largest absolute Gasteiger partial charge is 0.461 e. The first-order valence-corrected chi connectivity index (χ1v) is 13.4. The molecule has 0 aliphatic rings. The first kappa shape index (κ1) is 23.7. The lowest BCUT2D eigenvalue weighted by molar-refractivity contribution is -0.118. The molecular weight excluding hydrogens is 468 g/mol. The van der Waals surface area contributed by atoms with Crippen LogP contribution in [0.15, 0.2) is 94.1 Å². The van der Waals surface area contributed by atoms with Crippen molar-refractivity contribution in [3.8, 4) is 22.6 Å². The van der Waals surface area contributed by atoms with E-state index in [1.165, 1.54) is 17.6 Å². The Balaban J connectivity index is 1.45. The first-order valence-electron chi connectivity index (χ1n) is 10.7. The standard InChI is InChI=1S/C26H24N2O4S2/c1-3-17-28(25(29)16-12-21-11-15-24(32-21)20-7-5-4-6-8-20)26-27-23(18-33-26)19-9-13-22(14-10-19)34(2,30)31/h3-11,13-15,18H,1,12,16-17H2,2H3. The van der Waals surface area contributed by atoms with Crippen molar-refractivity contribution in [1.29, 1.82) is 0 Å². The van der Waals surface area contributed by atoms with Crippen LogP contribution >= 0.6 is 11.3 Å². The maximum Gasteiger partial charge on any atom is 0.229 e. The van der Waals surface area contributed by atoms with Gasteiger partial charge >= 0.3 is 0 Å². The number of hydrogen-bond acceptors (Lipinski definition) is 6. The van der Waals surface area contributed by atoms with Crippen molar-refractivity contribution in [2.24, 2.45) is 0 Å². The lowest BCUT2D eigenvalue weighted by Crippen LogP contribution is -2.31. The van der Waals surface area contributed by atoms with Gasteiger partial charge in [0.1, 0.15) is 11.5 Å². The smallest absolute Gasteiger partial charge is 0.229 e. The number of benzene rings is 2. The zero-order valence-electron chi connectivity index (χ0n) is 18.7. The van der Waals surface area contributed by atoms with Crippen LogP contribution < -0.4 is 4.90 Å². The average molecular weight is 493 g/mol. The highest BCUT2D eigenvalue weighted by atomic mass is 32.2. The third-order valence-corrected chi connectivity index (χ3v) is 7.21. The Kier molecular flexibility index (Phi) is 7.09. The number of nitrogens with zero attached hydrogens (tertiary/aromatic N) is 2. The summed E-state index contributed by atoms with van der Waals surface area (Å²) >= 11 is 1.36. The monoisotopic (exact) mass is 492 g/mol. The molecular formula is C26H24N2O4S2. The lowest BCUT2D eigenvalue weighted by Gasteiger charge is -2.17. The van der Waals surface area contributed by atoms with Crippen molar-refractivity contribution in [3.05, 3.63) is 90.5 Å². The summed E-state index contributed by atoms with van der Waals surface area (Å²) in [5.41, 5.74) is 2.46. The van der Waals surface area contributed by atoms with E-state index < -0.39 is 9.84 Å². The molecule has 4 rings (SSSR count). The molecule has 0 saturated heterocycles. The summed E-state index contributed by atoms with van der Waals surface area (Å²) in [7, 11) is -3.26. The van der Waals surface area contributed by atoms with E-state index in [1.54, 1.807) is 35.2 Å². The quantitative estimate of drug-likeness (QED) is 0.283. The van der Waals surface area contributed by atoms with E-state index in [0.29, 0.717) is 23.8 Å². The van der Waals surface area contributed by atoms with Crippen LogP contribution in [-0.2, 0) is 21.1 Å². The average Bonchev–Trinajstić information content (AvgIpc) is 3.51. The number of furan rings is 1. The number of thiazole rings is 1. The lowest BCUT2D eigenvalue weighted by atomic mass is 10.2. The molecule has 2 aromatic heterocycles. The molecule has 0 aliphatic carbocycles. The van der Waals surface area contributed by atoms with Gasteiger partial charge in [-0.3, -0.25) is 9.69 Å². The van der Waals surface area contributed by atoms with Gasteiger partial charge in [-0.25, -0.2) is 13.4 Å². The van der Waals surface area contributed by atoms with Gasteiger partial charge in [0.05, 0.1) is 10.6 Å². The van der Waals surface area contributed by atoms with E-state index in [1.807, 2.05) is 47.8 Å². The second-order valence-electron chi connectivity index (χ2n) is 7.74. The fourth-order valence-corrected chi connectivity index (χ4v) is 4.94. The Labute approximate surface area is 203 Å². The highest BCUT2D eigenvalue weighted by Crippen LogP contribution is 2.29. The molecule has 4 aromatic rings. The Morgan fingerprint density at radius 2 is 1.79 bits per heavy atom. The highest BCUT2D eigenvalue weighted by Gasteiger charge is 2.19. The van der Waals surface area contributed by atoms with E-state index in [9.17, 15) is 13.2 Å². The van der Waals surface area contributed by atoms with E-state index in [0.717, 1.165) is 22.6 Å². The van der Waals surface area contributed by atoms with Gasteiger partial charge in [0.15, 0.2) is 15.0 Å². The summed E-state index contributed by atoms with van der Waals surface area (Å²) in [6.07, 6.45) is 3.59. The molecule has 0 unspecified atom stereocenters. The number of aryl methyl sites for hydroxylation is 1. The predicted octanol–water partition coefficient (Wildman–Crippen LogP) is 5.63. The van der Waals surface area contributed by atoms with Crippen LogP contribution in [0, 0.1) is 0 Å². The maximum atomic E-state index is 13.0. The summed E-state index contributed by atoms with van der Waals surface area (Å²) in [6.45, 7) is 4.11. The maximum absolute atomic E-state index is 13.0. The van der Waals surface area contributed by atoms with E-state index in [4.69, 9.17) is 4.42 Å². The summed E-state index contributed by atoms with van der Waals surface area (Å²) < 4.78 is 29.3. The normalized spacial score (nSPS) is 11.3. The second-order valence-corrected chi connectivity index (χ2v) is 10.6. The van der Waals surface area contributed by atoms with Gasteiger partial charge in [-0.2, -0.15) is 0 Å². The number of aromatic nitrogens is 1. The topological polar surface area (TPSA) is 80.5 Å². The number of rotatable bonds is 9. The Morgan fingerprint density at radius 3 is 2.47 bits per heavy atom. The summed E-state index contributed by atoms with van der Waals surface area (Å²) in [5, 5.41) is 2.42. The van der Waals surface area contributed by atoms with Crippen LogP contribution in [0.5, 0.6) is 0 Å². The van der Waals surface area contributed by atoms with E-state index in [2.05, 4.69) is 11.6 Å². The van der Waals surface area contributed by atoms with Crippen molar-refractivity contribution in [2.75, 3.05) is 17.7 Å². The van der Waals surface area contributed by atoms with Crippen LogP contribution in [0.1, 0.15) is 12.2 Å². The summed E-state index contributed by atoms with van der Waals surface area (Å²) in [4.78, 5) is 19.5. The van der Waals surface area contributed by atoms with Crippen LogP contribution in [0.3, 0.4) is 0 Å². The van der Waals surface area contributed by atoms with Crippen molar-refractivity contribution in [3.63, 3.8) is 0 Å². The van der Waals surface area contributed by atoms with Gasteiger partial charge in [-0.05, 0) is 24.3 Å². The molecule has 34 heavy (non-hydrogen) atoms. The molecule has 0 atom stereocenters. The van der Waals surface area contributed by atoms with Crippen molar-refractivity contribution in [1.82, 2.24) is 4.98 Å². The molecule has 2 aromatic carbocycles. The molecule has 0 spiro atoms. The Bertz CT molecular complexity index is 1390. The molecule has 0 saturated carbocycles. The van der Waals surface area contributed by atoms with Crippen molar-refractivity contribution in [2.45, 2.75) is 17.7 Å². The first-order chi connectivity index (χ1) is 16.3. The van der Waals surface area contributed by atoms with Gasteiger partial charge in [0.2, 0.25) is 5.91 Å². The zero-order chi connectivity index (χ0) is 24.1. The minimum atomic E-state index is -3.26. The second kappa shape index (κ2) is 10.2. The molecule has 2 heterocycles. The molecule has 8 heteroatoms. The summed E-state index contributed by atoms with van der Waals surface area (Å²) in [5.74, 6) is 1.44. The predicted molar refractivity (Wildman–Crippen MR) is 136 cm³/mol. The molecule has 1 amide bonds. The number of sulfone groups is 1. The molecule has 0 radical (unpaired) electrons. The molecule has 6 nitrogen and oxygen atoms in total. The van der Waals surface area contributed by atoms with Crippen molar-refractivity contribution >= 4 is 32.2 Å². The van der Waals surface area contributed by atoms with Crippen molar-refractivity contribution < 1.29 is 17.6 Å². The fraction of sp³-hybridized carbons (Fsp3) is 0.154. The third kappa shape index (κ3) is 5.52. The molecule has 0 bridgehead atoms. The fourth-order valence-electron chi connectivity index (χ4n) is 3.44. The van der Waals surface area contributed by atoms with Gasteiger partial charge in [-0.15, -0.1) is 17.9 Å². The number of anilines is 1. The van der Waals surface area contributed by atoms with Gasteiger partial charge in [0.25, 0.3) is 0 Å². The van der Waals surface area contributed by atoms with Gasteiger partial charge in [0, 0.05) is 42.1 Å². The van der Waals surface area contributed by atoms with Crippen LogP contribution in [-0.4, -0.2) is 32.1 Å². The van der Waals surface area contributed by atoms with Crippen LogP contribution in [0.2, 0.25) is 0 Å². The van der Waals surface area contributed by atoms with Crippen LogP contribution in [0.4, 0.5) is 5.13 Å². The van der Waals surface area contributed by atoms with Gasteiger partial charge < -0.3 is 4.42 Å². The Hall–Kier alpha value is -3.49.